The molecule has 35 heavy (non-hydrogen) atoms. The van der Waals surface area contributed by atoms with Crippen molar-refractivity contribution in [3.63, 3.8) is 0 Å². The van der Waals surface area contributed by atoms with Gasteiger partial charge in [0.25, 0.3) is 0 Å². The third-order valence-corrected chi connectivity index (χ3v) is 8.81. The van der Waals surface area contributed by atoms with Crippen molar-refractivity contribution in [2.45, 2.75) is 157 Å². The van der Waals surface area contributed by atoms with Crippen LogP contribution < -0.4 is 0 Å². The third-order valence-electron chi connectivity index (χ3n) is 7.32. The van der Waals surface area contributed by atoms with Gasteiger partial charge in [-0.05, 0) is 37.0 Å². The molecule has 0 aliphatic rings. The minimum Gasteiger partial charge on any atom is -0.287 e. The lowest BCUT2D eigenvalue weighted by Crippen LogP contribution is -2.11. The Kier molecular flexibility index (Phi) is 24.5. The molecule has 212 valence electrons. The molecule has 0 N–H and O–H groups in total. The number of hydrogen-bond donors (Lipinski definition) is 0. The molecule has 0 rings (SSSR count). The molecule has 0 fully saturated rings. The summed E-state index contributed by atoms with van der Waals surface area (Å²) < 4.78 is 31.4. The summed E-state index contributed by atoms with van der Waals surface area (Å²) in [6.07, 6.45) is 21.1. The molecule has 3 atom stereocenters. The van der Waals surface area contributed by atoms with Crippen molar-refractivity contribution in [2.75, 3.05) is 19.8 Å². The molecular weight excluding hydrogens is 455 g/mol. The lowest BCUT2D eigenvalue weighted by Gasteiger charge is -2.23. The van der Waals surface area contributed by atoms with Gasteiger partial charge in [0, 0.05) is 0 Å². The van der Waals surface area contributed by atoms with E-state index in [1.807, 2.05) is 0 Å². The fourth-order valence-electron chi connectivity index (χ4n) is 5.11. The summed E-state index contributed by atoms with van der Waals surface area (Å²) in [5.41, 5.74) is 0. The van der Waals surface area contributed by atoms with Crippen molar-refractivity contribution in [1.29, 1.82) is 0 Å². The van der Waals surface area contributed by atoms with Crippen LogP contribution in [-0.2, 0) is 18.1 Å². The number of rotatable bonds is 27. The van der Waals surface area contributed by atoms with Gasteiger partial charge in [0.15, 0.2) is 0 Å². The second kappa shape index (κ2) is 24.4. The zero-order valence-corrected chi connectivity index (χ0v) is 25.6. The molecule has 0 radical (unpaired) electrons. The Morgan fingerprint density at radius 3 is 0.943 bits per heavy atom. The largest absolute Gasteiger partial charge is 0.474 e. The molecular formula is C30H63O4P. The molecule has 5 heteroatoms. The van der Waals surface area contributed by atoms with Crippen LogP contribution in [0.15, 0.2) is 0 Å². The predicted molar refractivity (Wildman–Crippen MR) is 153 cm³/mol. The summed E-state index contributed by atoms with van der Waals surface area (Å²) in [6, 6.07) is 0. The molecule has 0 saturated carbocycles. The van der Waals surface area contributed by atoms with E-state index in [9.17, 15) is 4.57 Å². The molecule has 0 heterocycles. The van der Waals surface area contributed by atoms with E-state index in [1.54, 1.807) is 0 Å². The first-order chi connectivity index (χ1) is 17.0. The molecule has 0 saturated heterocycles. The van der Waals surface area contributed by atoms with Gasteiger partial charge in [-0.15, -0.1) is 0 Å². The maximum absolute atomic E-state index is 13.6. The van der Waals surface area contributed by atoms with Gasteiger partial charge in [-0.3, -0.25) is 13.6 Å². The van der Waals surface area contributed by atoms with E-state index in [-0.39, 0.29) is 0 Å². The van der Waals surface area contributed by atoms with Gasteiger partial charge < -0.3 is 0 Å². The normalized spacial score (nSPS) is 16.2. The summed E-state index contributed by atoms with van der Waals surface area (Å²) in [7, 11) is -3.52. The van der Waals surface area contributed by atoms with E-state index in [0.717, 1.165) is 19.3 Å². The summed E-state index contributed by atoms with van der Waals surface area (Å²) in [5, 5.41) is 0. The van der Waals surface area contributed by atoms with Crippen molar-refractivity contribution >= 4 is 7.82 Å². The lowest BCUT2D eigenvalue weighted by atomic mass is 9.94. The highest BCUT2D eigenvalue weighted by molar-refractivity contribution is 7.48. The molecule has 3 unspecified atom stereocenters. The summed E-state index contributed by atoms with van der Waals surface area (Å²) in [5.74, 6) is 1.91. The minimum absolute atomic E-state index is 0.466. The Morgan fingerprint density at radius 1 is 0.429 bits per heavy atom. The molecule has 0 aromatic carbocycles. The zero-order valence-electron chi connectivity index (χ0n) is 24.7. The number of phosphoric ester groups is 1. The van der Waals surface area contributed by atoms with Crippen molar-refractivity contribution in [2.24, 2.45) is 17.8 Å². The number of phosphoric acid groups is 1. The van der Waals surface area contributed by atoms with Crippen LogP contribution in [0.25, 0.3) is 0 Å². The van der Waals surface area contributed by atoms with Crippen LogP contribution in [0.1, 0.15) is 157 Å². The summed E-state index contributed by atoms with van der Waals surface area (Å²) in [4.78, 5) is 0. The van der Waals surface area contributed by atoms with Gasteiger partial charge >= 0.3 is 7.82 Å². The Labute approximate surface area is 220 Å². The van der Waals surface area contributed by atoms with Crippen LogP contribution >= 0.6 is 7.82 Å². The zero-order chi connectivity index (χ0) is 26.2. The van der Waals surface area contributed by atoms with Crippen molar-refractivity contribution in [3.8, 4) is 0 Å². The van der Waals surface area contributed by atoms with Crippen LogP contribution in [0.2, 0.25) is 0 Å². The van der Waals surface area contributed by atoms with E-state index >= 15 is 0 Å². The van der Waals surface area contributed by atoms with Gasteiger partial charge in [-0.1, -0.05) is 138 Å². The molecule has 4 nitrogen and oxygen atoms in total. The highest BCUT2D eigenvalue weighted by Crippen LogP contribution is 2.50. The smallest absolute Gasteiger partial charge is 0.287 e. The average molecular weight is 519 g/mol. The van der Waals surface area contributed by atoms with Gasteiger partial charge in [0.05, 0.1) is 19.8 Å². The SMILES string of the molecule is CCCCC(CCC)CCOP(=O)(OCCC(CCC)CCCC)OCCC(CCC)CCCC. The highest BCUT2D eigenvalue weighted by Gasteiger charge is 2.28. The van der Waals surface area contributed by atoms with Crippen LogP contribution in [-0.4, -0.2) is 19.8 Å². The van der Waals surface area contributed by atoms with E-state index in [4.69, 9.17) is 13.6 Å². The van der Waals surface area contributed by atoms with Gasteiger partial charge in [0.1, 0.15) is 0 Å². The van der Waals surface area contributed by atoms with Gasteiger partial charge in [0.2, 0.25) is 0 Å². The molecule has 0 aliphatic heterocycles. The molecule has 0 amide bonds. The fraction of sp³-hybridized carbons (Fsp3) is 1.00. The van der Waals surface area contributed by atoms with Crippen molar-refractivity contribution in [1.82, 2.24) is 0 Å². The van der Waals surface area contributed by atoms with Gasteiger partial charge in [-0.25, -0.2) is 4.57 Å². The topological polar surface area (TPSA) is 44.8 Å². The van der Waals surface area contributed by atoms with Crippen molar-refractivity contribution < 1.29 is 18.1 Å². The minimum atomic E-state index is -3.52. The van der Waals surface area contributed by atoms with Gasteiger partial charge in [-0.2, -0.15) is 0 Å². The van der Waals surface area contributed by atoms with Crippen molar-refractivity contribution in [3.05, 3.63) is 0 Å². The lowest BCUT2D eigenvalue weighted by molar-refractivity contribution is 0.0962. The fourth-order valence-corrected chi connectivity index (χ4v) is 6.32. The molecule has 0 aromatic heterocycles. The molecule has 0 aliphatic carbocycles. The van der Waals surface area contributed by atoms with E-state index in [0.29, 0.717) is 37.6 Å². The second-order valence-electron chi connectivity index (χ2n) is 10.7. The Hall–Kier alpha value is 0.110. The first-order valence-corrected chi connectivity index (χ1v) is 17.0. The Bertz CT molecular complexity index is 418. The van der Waals surface area contributed by atoms with Crippen LogP contribution in [0.3, 0.4) is 0 Å². The molecule has 0 bridgehead atoms. The second-order valence-corrected chi connectivity index (χ2v) is 12.4. The van der Waals surface area contributed by atoms with E-state index in [2.05, 4.69) is 41.5 Å². The molecule has 0 aromatic rings. The Balaban J connectivity index is 4.94. The number of unbranched alkanes of at least 4 members (excludes halogenated alkanes) is 3. The monoisotopic (exact) mass is 518 g/mol. The van der Waals surface area contributed by atoms with Crippen LogP contribution in [0, 0.1) is 17.8 Å². The summed E-state index contributed by atoms with van der Waals surface area (Å²) in [6.45, 7) is 14.9. The quantitative estimate of drug-likeness (QED) is 0.101. The maximum atomic E-state index is 13.6. The van der Waals surface area contributed by atoms with Crippen LogP contribution in [0.4, 0.5) is 0 Å². The van der Waals surface area contributed by atoms with E-state index < -0.39 is 7.82 Å². The molecule has 0 spiro atoms. The van der Waals surface area contributed by atoms with Crippen LogP contribution in [0.5, 0.6) is 0 Å². The number of hydrogen-bond acceptors (Lipinski definition) is 4. The standard InChI is InChI=1S/C30H63O4P/c1-7-13-19-28(16-10-4)22-25-32-35(31,33-26-23-29(17-11-5)20-14-8-2)34-27-24-30(18-12-6)21-15-9-3/h28-30H,7-27H2,1-6H3. The first kappa shape index (κ1) is 35.1. The summed E-state index contributed by atoms with van der Waals surface area (Å²) >= 11 is 0. The predicted octanol–water partition coefficient (Wildman–Crippen LogP) is 11.1. The van der Waals surface area contributed by atoms with E-state index in [1.165, 1.54) is 96.3 Å². The third kappa shape index (κ3) is 19.8. The first-order valence-electron chi connectivity index (χ1n) is 15.5. The average Bonchev–Trinajstić information content (AvgIpc) is 2.84. The Morgan fingerprint density at radius 2 is 0.714 bits per heavy atom. The maximum Gasteiger partial charge on any atom is 0.474 e. The highest BCUT2D eigenvalue weighted by atomic mass is 31.2.